The normalized spacial score (nSPS) is 31.8. The molecule has 0 N–H and O–H groups in total. The van der Waals surface area contributed by atoms with Crippen LogP contribution in [0.5, 0.6) is 0 Å². The Bertz CT molecular complexity index is 227. The van der Waals surface area contributed by atoms with Gasteiger partial charge in [-0.1, -0.05) is 6.92 Å². The average molecular weight is 194 g/mol. The lowest BCUT2D eigenvalue weighted by atomic mass is 9.98. The summed E-state index contributed by atoms with van der Waals surface area (Å²) in [5.41, 5.74) is 0. The molecule has 0 aromatic rings. The van der Waals surface area contributed by atoms with Gasteiger partial charge in [0.05, 0.1) is 5.25 Å². The Morgan fingerprint density at radius 3 is 2.17 bits per heavy atom. The molecule has 72 valence electrons. The van der Waals surface area contributed by atoms with Gasteiger partial charge in [-0.2, -0.15) is 0 Å². The summed E-state index contributed by atoms with van der Waals surface area (Å²) in [6, 6.07) is 0. The zero-order chi connectivity index (χ0) is 9.19. The van der Waals surface area contributed by atoms with Gasteiger partial charge in [-0.15, -0.1) is 0 Å². The van der Waals surface area contributed by atoms with Crippen LogP contribution < -0.4 is 0 Å². The second-order valence-electron chi connectivity index (χ2n) is 3.33. The van der Waals surface area contributed by atoms with E-state index in [0.29, 0.717) is 25.7 Å². The van der Waals surface area contributed by atoms with Crippen molar-refractivity contribution in [3.63, 3.8) is 0 Å². The van der Waals surface area contributed by atoms with Gasteiger partial charge in [0.2, 0.25) is 0 Å². The molecule has 0 heterocycles. The molecular formula is C8H15FO2S. The van der Waals surface area contributed by atoms with Crippen LogP contribution in [0.2, 0.25) is 0 Å². The van der Waals surface area contributed by atoms with E-state index in [1.165, 1.54) is 0 Å². The van der Waals surface area contributed by atoms with E-state index in [-0.39, 0.29) is 11.0 Å². The summed E-state index contributed by atoms with van der Waals surface area (Å²) in [6.45, 7) is 1.65. The first kappa shape index (κ1) is 9.96. The van der Waals surface area contributed by atoms with Crippen LogP contribution in [0, 0.1) is 0 Å². The van der Waals surface area contributed by atoms with Crippen LogP contribution in [0.4, 0.5) is 4.39 Å². The van der Waals surface area contributed by atoms with Crippen molar-refractivity contribution in [3.05, 3.63) is 0 Å². The van der Waals surface area contributed by atoms with E-state index in [1.807, 2.05) is 0 Å². The molecular weight excluding hydrogens is 179 g/mol. The molecule has 2 nitrogen and oxygen atoms in total. The Morgan fingerprint density at radius 2 is 1.75 bits per heavy atom. The summed E-state index contributed by atoms with van der Waals surface area (Å²) in [7, 11) is -2.91. The average Bonchev–Trinajstić information content (AvgIpc) is 2.05. The highest BCUT2D eigenvalue weighted by Crippen LogP contribution is 2.26. The highest BCUT2D eigenvalue weighted by molar-refractivity contribution is 7.92. The SMILES string of the molecule is CCS(=O)(=O)C1CCC(F)CC1. The van der Waals surface area contributed by atoms with E-state index in [1.54, 1.807) is 6.92 Å². The number of alkyl halides is 1. The van der Waals surface area contributed by atoms with Crippen molar-refractivity contribution in [2.45, 2.75) is 44.0 Å². The van der Waals surface area contributed by atoms with Crippen molar-refractivity contribution in [1.82, 2.24) is 0 Å². The van der Waals surface area contributed by atoms with Crippen LogP contribution >= 0.6 is 0 Å². The molecule has 1 fully saturated rings. The third kappa shape index (κ3) is 2.19. The monoisotopic (exact) mass is 194 g/mol. The minimum absolute atomic E-state index is 0.189. The largest absolute Gasteiger partial charge is 0.247 e. The fourth-order valence-electron chi connectivity index (χ4n) is 1.62. The van der Waals surface area contributed by atoms with E-state index in [9.17, 15) is 12.8 Å². The smallest absolute Gasteiger partial charge is 0.152 e. The first-order valence-electron chi connectivity index (χ1n) is 4.42. The van der Waals surface area contributed by atoms with Gasteiger partial charge in [0.15, 0.2) is 9.84 Å². The second kappa shape index (κ2) is 3.73. The fraction of sp³-hybridized carbons (Fsp3) is 1.00. The summed E-state index contributed by atoms with van der Waals surface area (Å²) >= 11 is 0. The van der Waals surface area contributed by atoms with Gasteiger partial charge in [0, 0.05) is 5.75 Å². The molecule has 1 aliphatic rings. The highest BCUT2D eigenvalue weighted by atomic mass is 32.2. The topological polar surface area (TPSA) is 34.1 Å². The van der Waals surface area contributed by atoms with Gasteiger partial charge >= 0.3 is 0 Å². The van der Waals surface area contributed by atoms with Crippen molar-refractivity contribution >= 4 is 9.84 Å². The van der Waals surface area contributed by atoms with E-state index in [0.717, 1.165) is 0 Å². The lowest BCUT2D eigenvalue weighted by Gasteiger charge is -2.23. The van der Waals surface area contributed by atoms with E-state index >= 15 is 0 Å². The number of hydrogen-bond acceptors (Lipinski definition) is 2. The summed E-state index contributed by atoms with van der Waals surface area (Å²) in [6.07, 6.45) is 1.09. The first-order valence-corrected chi connectivity index (χ1v) is 6.13. The maximum Gasteiger partial charge on any atom is 0.152 e. The third-order valence-electron chi connectivity index (χ3n) is 2.51. The molecule has 0 unspecified atom stereocenters. The van der Waals surface area contributed by atoms with Crippen LogP contribution in [0.25, 0.3) is 0 Å². The number of rotatable bonds is 2. The summed E-state index contributed by atoms with van der Waals surface area (Å²) in [5, 5.41) is -0.269. The third-order valence-corrected chi connectivity index (χ3v) is 4.81. The number of hydrogen-bond donors (Lipinski definition) is 0. The van der Waals surface area contributed by atoms with Gasteiger partial charge in [-0.3, -0.25) is 0 Å². The summed E-state index contributed by atoms with van der Waals surface area (Å²) in [4.78, 5) is 0. The minimum atomic E-state index is -2.91. The van der Waals surface area contributed by atoms with Crippen molar-refractivity contribution in [1.29, 1.82) is 0 Å². The maximum absolute atomic E-state index is 12.7. The molecule has 0 amide bonds. The standard InChI is InChI=1S/C8H15FO2S/c1-2-12(10,11)8-5-3-7(9)4-6-8/h7-8H,2-6H2,1H3. The molecule has 0 saturated heterocycles. The molecule has 0 spiro atoms. The lowest BCUT2D eigenvalue weighted by molar-refractivity contribution is 0.252. The number of halogens is 1. The van der Waals surface area contributed by atoms with Crippen LogP contribution in [0.1, 0.15) is 32.6 Å². The zero-order valence-corrected chi connectivity index (χ0v) is 8.11. The summed E-state index contributed by atoms with van der Waals surface area (Å²) in [5.74, 6) is 0.189. The Morgan fingerprint density at radius 1 is 1.25 bits per heavy atom. The van der Waals surface area contributed by atoms with Crippen LogP contribution in [-0.2, 0) is 9.84 Å². The Kier molecular flexibility index (Phi) is 3.09. The van der Waals surface area contributed by atoms with Crippen molar-refractivity contribution in [3.8, 4) is 0 Å². The zero-order valence-electron chi connectivity index (χ0n) is 7.29. The Labute approximate surface area is 73.1 Å². The molecule has 1 aliphatic carbocycles. The molecule has 4 heteroatoms. The molecule has 1 rings (SSSR count). The molecule has 0 aliphatic heterocycles. The van der Waals surface area contributed by atoms with Gasteiger partial charge < -0.3 is 0 Å². The minimum Gasteiger partial charge on any atom is -0.247 e. The molecule has 1 saturated carbocycles. The van der Waals surface area contributed by atoms with Gasteiger partial charge in [0.25, 0.3) is 0 Å². The quantitative estimate of drug-likeness (QED) is 0.670. The van der Waals surface area contributed by atoms with Crippen LogP contribution in [-0.4, -0.2) is 25.6 Å². The Balaban J connectivity index is 2.56. The molecule has 0 aromatic heterocycles. The van der Waals surface area contributed by atoms with Crippen molar-refractivity contribution in [2.75, 3.05) is 5.75 Å². The van der Waals surface area contributed by atoms with E-state index < -0.39 is 16.0 Å². The van der Waals surface area contributed by atoms with Gasteiger partial charge in [-0.05, 0) is 25.7 Å². The lowest BCUT2D eigenvalue weighted by Crippen LogP contribution is -2.28. The van der Waals surface area contributed by atoms with Gasteiger partial charge in [-0.25, -0.2) is 12.8 Å². The Hall–Kier alpha value is -0.120. The molecule has 0 atom stereocenters. The van der Waals surface area contributed by atoms with Crippen LogP contribution in [0.15, 0.2) is 0 Å². The maximum atomic E-state index is 12.7. The van der Waals surface area contributed by atoms with Gasteiger partial charge in [0.1, 0.15) is 6.17 Å². The molecule has 0 aromatic carbocycles. The summed E-state index contributed by atoms with van der Waals surface area (Å²) < 4.78 is 35.3. The predicted molar refractivity (Wildman–Crippen MR) is 46.6 cm³/mol. The fourth-order valence-corrected chi connectivity index (χ4v) is 3.08. The van der Waals surface area contributed by atoms with Crippen molar-refractivity contribution < 1.29 is 12.8 Å². The highest BCUT2D eigenvalue weighted by Gasteiger charge is 2.29. The number of sulfone groups is 1. The van der Waals surface area contributed by atoms with Crippen molar-refractivity contribution in [2.24, 2.45) is 0 Å². The predicted octanol–water partition coefficient (Wildman–Crippen LogP) is 1.70. The van der Waals surface area contributed by atoms with E-state index in [4.69, 9.17) is 0 Å². The molecule has 12 heavy (non-hydrogen) atoms. The first-order chi connectivity index (χ1) is 5.56. The molecule has 0 radical (unpaired) electrons. The molecule has 0 bridgehead atoms. The second-order valence-corrected chi connectivity index (χ2v) is 5.90. The van der Waals surface area contributed by atoms with E-state index in [2.05, 4.69) is 0 Å². The van der Waals surface area contributed by atoms with Crippen LogP contribution in [0.3, 0.4) is 0 Å².